The van der Waals surface area contributed by atoms with Crippen LogP contribution in [0.3, 0.4) is 0 Å². The van der Waals surface area contributed by atoms with Crippen molar-refractivity contribution in [3.63, 3.8) is 0 Å². The molecule has 3 rings (SSSR count). The molecule has 0 saturated heterocycles. The Hall–Kier alpha value is -2.49. The van der Waals surface area contributed by atoms with Crippen LogP contribution in [0.15, 0.2) is 47.4 Å². The van der Waals surface area contributed by atoms with Crippen LogP contribution < -0.4 is 0 Å². The van der Waals surface area contributed by atoms with Gasteiger partial charge in [-0.2, -0.15) is 5.26 Å². The Morgan fingerprint density at radius 1 is 1.38 bits per heavy atom. The van der Waals surface area contributed by atoms with E-state index in [9.17, 15) is 4.79 Å². The molecule has 7 heteroatoms. The lowest BCUT2D eigenvalue weighted by molar-refractivity contribution is -0.114. The summed E-state index contributed by atoms with van der Waals surface area (Å²) in [4.78, 5) is 19.6. The van der Waals surface area contributed by atoms with Crippen molar-refractivity contribution in [3.05, 3.63) is 47.9 Å². The number of aromatic nitrogens is 2. The van der Waals surface area contributed by atoms with Gasteiger partial charge in [0.2, 0.25) is 0 Å². The monoisotopic (exact) mass is 304 g/mol. The van der Waals surface area contributed by atoms with Crippen LogP contribution >= 0.6 is 12.4 Å². The molecule has 21 heavy (non-hydrogen) atoms. The van der Waals surface area contributed by atoms with E-state index in [2.05, 4.69) is 9.98 Å². The van der Waals surface area contributed by atoms with E-state index in [1.54, 1.807) is 19.2 Å². The van der Waals surface area contributed by atoms with E-state index in [1.165, 1.54) is 0 Å². The number of allylic oxidation sites excluding steroid dienone is 1. The standard InChI is InChI=1S/C14H10N4O.ClH.H2O/c1-9-12(6-11(7-15)14(19)17-9)10-2-3-13-16-4-5-18(13)8-10;;/h2-6,8,12H,1H3;1H;1H2. The Kier molecular flexibility index (Phi) is 4.97. The molecule has 0 aliphatic carbocycles. The van der Waals surface area contributed by atoms with Gasteiger partial charge in [0.15, 0.2) is 0 Å². The molecule has 1 atom stereocenters. The molecule has 0 radical (unpaired) electrons. The second-order valence-electron chi connectivity index (χ2n) is 4.38. The van der Waals surface area contributed by atoms with Gasteiger partial charge in [-0.3, -0.25) is 4.79 Å². The Balaban J connectivity index is 0.00000110. The van der Waals surface area contributed by atoms with Crippen LogP contribution in [0.1, 0.15) is 18.4 Å². The maximum atomic E-state index is 11.5. The van der Waals surface area contributed by atoms with E-state index in [0.29, 0.717) is 5.71 Å². The number of dihydropyridines is 1. The molecule has 1 aliphatic rings. The topological polar surface area (TPSA) is 102 Å². The van der Waals surface area contributed by atoms with Crippen LogP contribution in [-0.2, 0) is 4.79 Å². The third-order valence-corrected chi connectivity index (χ3v) is 3.18. The molecule has 0 bridgehead atoms. The number of rotatable bonds is 1. The van der Waals surface area contributed by atoms with Gasteiger partial charge in [0.25, 0.3) is 5.91 Å². The number of halogens is 1. The van der Waals surface area contributed by atoms with Crippen molar-refractivity contribution < 1.29 is 10.3 Å². The van der Waals surface area contributed by atoms with Gasteiger partial charge < -0.3 is 9.88 Å². The van der Waals surface area contributed by atoms with E-state index < -0.39 is 5.91 Å². The Labute approximate surface area is 127 Å². The Morgan fingerprint density at radius 2 is 2.14 bits per heavy atom. The van der Waals surface area contributed by atoms with Gasteiger partial charge in [-0.1, -0.05) is 6.07 Å². The molecule has 1 amide bonds. The fourth-order valence-electron chi connectivity index (χ4n) is 2.19. The number of pyridine rings is 1. The first kappa shape index (κ1) is 16.6. The Bertz CT molecular complexity index is 786. The minimum atomic E-state index is -0.458. The summed E-state index contributed by atoms with van der Waals surface area (Å²) in [6, 6.07) is 5.73. The van der Waals surface area contributed by atoms with E-state index >= 15 is 0 Å². The molecule has 0 fully saturated rings. The number of aliphatic imine (C=N–C) groups is 1. The highest BCUT2D eigenvalue weighted by molar-refractivity contribution is 6.10. The van der Waals surface area contributed by atoms with Crippen LogP contribution in [0.5, 0.6) is 0 Å². The van der Waals surface area contributed by atoms with Crippen molar-refractivity contribution in [2.24, 2.45) is 4.99 Å². The lowest BCUT2D eigenvalue weighted by atomic mass is 9.91. The van der Waals surface area contributed by atoms with Crippen molar-refractivity contribution in [2.45, 2.75) is 12.8 Å². The quantitative estimate of drug-likeness (QED) is 0.796. The summed E-state index contributed by atoms with van der Waals surface area (Å²) in [5, 5.41) is 8.93. The molecule has 0 spiro atoms. The molecular formula is C14H13ClN4O2. The van der Waals surface area contributed by atoms with Crippen LogP contribution in [0.25, 0.3) is 5.65 Å². The molecule has 2 aromatic rings. The second-order valence-corrected chi connectivity index (χ2v) is 4.38. The van der Waals surface area contributed by atoms with E-state index in [4.69, 9.17) is 5.26 Å². The molecule has 2 N–H and O–H groups in total. The largest absolute Gasteiger partial charge is 0.412 e. The number of hydrogen-bond acceptors (Lipinski definition) is 3. The number of amides is 1. The first-order valence-electron chi connectivity index (χ1n) is 5.83. The highest BCUT2D eigenvalue weighted by atomic mass is 35.5. The highest BCUT2D eigenvalue weighted by Gasteiger charge is 2.22. The SMILES string of the molecule is CC1=NC(=O)C(C#N)=CC1c1ccc2nccn2c1.Cl.O. The zero-order chi connectivity index (χ0) is 13.4. The van der Waals surface area contributed by atoms with Crippen molar-refractivity contribution in [1.29, 1.82) is 5.26 Å². The lowest BCUT2D eigenvalue weighted by Crippen LogP contribution is -2.17. The van der Waals surface area contributed by atoms with E-state index in [0.717, 1.165) is 11.2 Å². The summed E-state index contributed by atoms with van der Waals surface area (Å²) in [5.41, 5.74) is 2.63. The van der Waals surface area contributed by atoms with Crippen molar-refractivity contribution >= 4 is 29.7 Å². The van der Waals surface area contributed by atoms with Crippen LogP contribution in [0.2, 0.25) is 0 Å². The molecule has 1 aliphatic heterocycles. The number of fused-ring (bicyclic) bond motifs is 1. The third-order valence-electron chi connectivity index (χ3n) is 3.18. The summed E-state index contributed by atoms with van der Waals surface area (Å²) in [5.74, 6) is -0.598. The molecule has 0 aromatic carbocycles. The molecule has 1 unspecified atom stereocenters. The van der Waals surface area contributed by atoms with Gasteiger partial charge in [0.05, 0.1) is 0 Å². The first-order valence-corrected chi connectivity index (χ1v) is 5.83. The summed E-state index contributed by atoms with van der Waals surface area (Å²) in [6.07, 6.45) is 7.19. The van der Waals surface area contributed by atoms with Crippen molar-refractivity contribution in [3.8, 4) is 6.07 Å². The number of nitriles is 1. The summed E-state index contributed by atoms with van der Waals surface area (Å²) in [6.45, 7) is 1.80. The van der Waals surface area contributed by atoms with Gasteiger partial charge >= 0.3 is 0 Å². The summed E-state index contributed by atoms with van der Waals surface area (Å²) >= 11 is 0. The summed E-state index contributed by atoms with van der Waals surface area (Å²) < 4.78 is 1.90. The number of imidazole rings is 1. The van der Waals surface area contributed by atoms with Crippen LogP contribution in [0.4, 0.5) is 0 Å². The predicted octanol–water partition coefficient (Wildman–Crippen LogP) is 1.47. The number of carbonyl (C=O) groups is 1. The maximum absolute atomic E-state index is 11.5. The van der Waals surface area contributed by atoms with Gasteiger partial charge in [-0.05, 0) is 24.6 Å². The lowest BCUT2D eigenvalue weighted by Gasteiger charge is -2.17. The molecule has 6 nitrogen and oxygen atoms in total. The second kappa shape index (κ2) is 6.31. The number of nitrogens with zero attached hydrogens (tertiary/aromatic N) is 4. The van der Waals surface area contributed by atoms with Crippen LogP contribution in [0, 0.1) is 11.3 Å². The minimum Gasteiger partial charge on any atom is -0.412 e. The maximum Gasteiger partial charge on any atom is 0.287 e. The normalized spacial score (nSPS) is 17.1. The van der Waals surface area contributed by atoms with Crippen LogP contribution in [-0.4, -0.2) is 26.5 Å². The first-order chi connectivity index (χ1) is 9.19. The zero-order valence-electron chi connectivity index (χ0n) is 11.1. The molecule has 0 saturated carbocycles. The molecule has 3 heterocycles. The highest BCUT2D eigenvalue weighted by Crippen LogP contribution is 2.25. The average molecular weight is 305 g/mol. The van der Waals surface area contributed by atoms with E-state index in [-0.39, 0.29) is 29.4 Å². The predicted molar refractivity (Wildman–Crippen MR) is 80.6 cm³/mol. The van der Waals surface area contributed by atoms with Crippen molar-refractivity contribution in [1.82, 2.24) is 9.38 Å². The average Bonchev–Trinajstić information content (AvgIpc) is 2.86. The third kappa shape index (κ3) is 2.84. The van der Waals surface area contributed by atoms with Gasteiger partial charge in [0.1, 0.15) is 17.3 Å². The number of hydrogen-bond donors (Lipinski definition) is 0. The minimum absolute atomic E-state index is 0. The van der Waals surface area contributed by atoms with Gasteiger partial charge in [-0.25, -0.2) is 9.98 Å². The number of carbonyl (C=O) groups excluding carboxylic acids is 1. The summed E-state index contributed by atoms with van der Waals surface area (Å²) in [7, 11) is 0. The zero-order valence-corrected chi connectivity index (χ0v) is 12.0. The van der Waals surface area contributed by atoms with Crippen molar-refractivity contribution in [2.75, 3.05) is 0 Å². The molecule has 108 valence electrons. The fourth-order valence-corrected chi connectivity index (χ4v) is 2.19. The van der Waals surface area contributed by atoms with E-state index in [1.807, 2.05) is 35.0 Å². The Morgan fingerprint density at radius 3 is 2.86 bits per heavy atom. The van der Waals surface area contributed by atoms with Gasteiger partial charge in [0, 0.05) is 30.2 Å². The van der Waals surface area contributed by atoms with Gasteiger partial charge in [-0.15, -0.1) is 12.4 Å². The fraction of sp³-hybridized carbons (Fsp3) is 0.143. The molecule has 2 aromatic heterocycles. The molecular weight excluding hydrogens is 292 g/mol. The smallest absolute Gasteiger partial charge is 0.287 e.